The second kappa shape index (κ2) is 3.20. The topological polar surface area (TPSA) is 21.3 Å². The van der Waals surface area contributed by atoms with Gasteiger partial charge in [-0.1, -0.05) is 0 Å². The summed E-state index contributed by atoms with van der Waals surface area (Å²) in [6.45, 7) is 5.19. The third-order valence-electron chi connectivity index (χ3n) is 2.64. The molecule has 2 fully saturated rings. The largest absolute Gasteiger partial charge is 0.378 e. The Hall–Kier alpha value is 0.270. The molecule has 2 rings (SSSR count). The van der Waals surface area contributed by atoms with Gasteiger partial charge in [-0.3, -0.25) is 5.32 Å². The molecule has 1 unspecified atom stereocenters. The zero-order chi connectivity index (χ0) is 8.60. The Morgan fingerprint density at radius 3 is 2.83 bits per heavy atom. The summed E-state index contributed by atoms with van der Waals surface area (Å²) in [6, 6.07) is 0.692. The highest BCUT2D eigenvalue weighted by molar-refractivity contribution is 8.01. The van der Waals surface area contributed by atoms with Gasteiger partial charge in [-0.2, -0.15) is 0 Å². The van der Waals surface area contributed by atoms with Gasteiger partial charge >= 0.3 is 0 Å². The lowest BCUT2D eigenvalue weighted by Gasteiger charge is -2.44. The van der Waals surface area contributed by atoms with Crippen LogP contribution in [0.1, 0.15) is 26.7 Å². The molecule has 2 aliphatic rings. The zero-order valence-electron chi connectivity index (χ0n) is 7.80. The van der Waals surface area contributed by atoms with Crippen molar-refractivity contribution in [3.8, 4) is 0 Å². The average Bonchev–Trinajstić information content (AvgIpc) is 2.31. The van der Waals surface area contributed by atoms with E-state index in [4.69, 9.17) is 4.74 Å². The predicted octanol–water partition coefficient (Wildman–Crippen LogP) is 1.61. The Morgan fingerprint density at radius 2 is 2.33 bits per heavy atom. The highest BCUT2D eigenvalue weighted by Gasteiger charge is 2.48. The summed E-state index contributed by atoms with van der Waals surface area (Å²) in [7, 11) is 0. The lowest BCUT2D eigenvalue weighted by atomic mass is 9.88. The van der Waals surface area contributed by atoms with Gasteiger partial charge in [0, 0.05) is 31.2 Å². The predicted molar refractivity (Wildman–Crippen MR) is 52.4 cm³/mol. The fourth-order valence-electron chi connectivity index (χ4n) is 2.08. The summed E-state index contributed by atoms with van der Waals surface area (Å²) in [5, 5.41) is 3.64. The molecular weight excluding hydrogens is 170 g/mol. The van der Waals surface area contributed by atoms with Gasteiger partial charge < -0.3 is 4.74 Å². The Morgan fingerprint density at radius 1 is 1.58 bits per heavy atom. The van der Waals surface area contributed by atoms with E-state index in [9.17, 15) is 0 Å². The van der Waals surface area contributed by atoms with Crippen LogP contribution in [0.25, 0.3) is 0 Å². The van der Waals surface area contributed by atoms with Gasteiger partial charge in [0.25, 0.3) is 0 Å². The van der Waals surface area contributed by atoms with Crippen molar-refractivity contribution in [2.75, 3.05) is 12.4 Å². The number of rotatable bonds is 2. The highest BCUT2D eigenvalue weighted by atomic mass is 32.2. The number of ether oxygens (including phenoxy) is 1. The molecular formula is C9H17NOS. The van der Waals surface area contributed by atoms with Crippen LogP contribution in [0.4, 0.5) is 0 Å². The van der Waals surface area contributed by atoms with Gasteiger partial charge in [0.2, 0.25) is 0 Å². The highest BCUT2D eigenvalue weighted by Crippen LogP contribution is 2.47. The quantitative estimate of drug-likeness (QED) is 0.709. The molecule has 1 spiro atoms. The summed E-state index contributed by atoms with van der Waals surface area (Å²) in [5.74, 6) is 1.26. The Bertz CT molecular complexity index is 168. The maximum atomic E-state index is 5.55. The van der Waals surface area contributed by atoms with E-state index in [-0.39, 0.29) is 0 Å². The van der Waals surface area contributed by atoms with Gasteiger partial charge in [0.15, 0.2) is 0 Å². The summed E-state index contributed by atoms with van der Waals surface area (Å²) < 4.78 is 5.55. The van der Waals surface area contributed by atoms with Crippen LogP contribution in [0.5, 0.6) is 0 Å². The smallest absolute Gasteiger partial charge is 0.0697 e. The van der Waals surface area contributed by atoms with E-state index < -0.39 is 0 Å². The Balaban J connectivity index is 1.79. The lowest BCUT2D eigenvalue weighted by Crippen LogP contribution is -2.54. The lowest BCUT2D eigenvalue weighted by molar-refractivity contribution is -0.0195. The van der Waals surface area contributed by atoms with Crippen LogP contribution < -0.4 is 5.32 Å². The van der Waals surface area contributed by atoms with Crippen LogP contribution in [0.2, 0.25) is 0 Å². The second-order valence-corrected chi connectivity index (χ2v) is 5.24. The van der Waals surface area contributed by atoms with Crippen molar-refractivity contribution in [1.82, 2.24) is 5.32 Å². The van der Waals surface area contributed by atoms with Crippen molar-refractivity contribution < 1.29 is 4.74 Å². The van der Waals surface area contributed by atoms with Gasteiger partial charge in [-0.15, -0.1) is 11.8 Å². The maximum absolute atomic E-state index is 5.55. The fraction of sp³-hybridized carbons (Fsp3) is 1.00. The molecule has 1 saturated carbocycles. The molecule has 1 N–H and O–H groups in total. The molecule has 0 amide bonds. The average molecular weight is 187 g/mol. The van der Waals surface area contributed by atoms with Gasteiger partial charge in [0.1, 0.15) is 0 Å². The van der Waals surface area contributed by atoms with Gasteiger partial charge in [-0.25, -0.2) is 0 Å². The van der Waals surface area contributed by atoms with E-state index in [1.54, 1.807) is 0 Å². The third-order valence-corrected chi connectivity index (χ3v) is 4.31. The van der Waals surface area contributed by atoms with Gasteiger partial charge in [0.05, 0.1) is 11.0 Å². The summed E-state index contributed by atoms with van der Waals surface area (Å²) in [4.78, 5) is 0.402. The van der Waals surface area contributed by atoms with E-state index in [1.165, 1.54) is 18.6 Å². The fourth-order valence-corrected chi connectivity index (χ4v) is 3.63. The minimum absolute atomic E-state index is 0.402. The van der Waals surface area contributed by atoms with Crippen molar-refractivity contribution in [3.63, 3.8) is 0 Å². The molecule has 1 heterocycles. The molecule has 0 aromatic heterocycles. The van der Waals surface area contributed by atoms with Gasteiger partial charge in [-0.05, 0) is 13.8 Å². The number of hydrogen-bond acceptors (Lipinski definition) is 3. The molecule has 0 bridgehead atoms. The molecule has 0 radical (unpaired) electrons. The number of thioether (sulfide) groups is 1. The molecule has 0 aromatic rings. The molecule has 70 valence electrons. The van der Waals surface area contributed by atoms with Crippen LogP contribution in [0.15, 0.2) is 0 Å². The normalized spacial score (nSPS) is 46.5. The Kier molecular flexibility index (Phi) is 2.36. The molecule has 3 heteroatoms. The number of hydrogen-bond donors (Lipinski definition) is 1. The van der Waals surface area contributed by atoms with Crippen LogP contribution in [-0.4, -0.2) is 29.4 Å². The summed E-state index contributed by atoms with van der Waals surface area (Å²) >= 11 is 2.08. The van der Waals surface area contributed by atoms with Crippen molar-refractivity contribution in [2.45, 2.75) is 43.7 Å². The first-order chi connectivity index (χ1) is 5.74. The van der Waals surface area contributed by atoms with Crippen molar-refractivity contribution in [3.05, 3.63) is 0 Å². The molecule has 1 aliphatic carbocycles. The molecule has 1 atom stereocenters. The standard InChI is InChI=1S/C9H17NOS/c1-3-11-8-4-9(5-8)10-7(2)6-12-9/h7-8,10H,3-6H2,1-2H3. The van der Waals surface area contributed by atoms with Crippen molar-refractivity contribution >= 4 is 11.8 Å². The first kappa shape index (κ1) is 8.85. The third kappa shape index (κ3) is 1.50. The minimum atomic E-state index is 0.402. The van der Waals surface area contributed by atoms with E-state index in [0.29, 0.717) is 17.0 Å². The first-order valence-corrected chi connectivity index (χ1v) is 5.76. The van der Waals surface area contributed by atoms with Crippen LogP contribution in [0.3, 0.4) is 0 Å². The molecule has 1 aliphatic heterocycles. The SMILES string of the molecule is CCOC1CC2(C1)NC(C)CS2. The maximum Gasteiger partial charge on any atom is 0.0697 e. The van der Waals surface area contributed by atoms with Crippen LogP contribution >= 0.6 is 11.8 Å². The monoisotopic (exact) mass is 187 g/mol. The Labute approximate surface area is 78.4 Å². The minimum Gasteiger partial charge on any atom is -0.378 e. The summed E-state index contributed by atoms with van der Waals surface area (Å²) in [5.41, 5.74) is 0. The van der Waals surface area contributed by atoms with E-state index in [2.05, 4.69) is 30.9 Å². The van der Waals surface area contributed by atoms with Crippen LogP contribution in [0, 0.1) is 0 Å². The summed E-state index contributed by atoms with van der Waals surface area (Å²) in [6.07, 6.45) is 2.94. The number of nitrogens with one attached hydrogen (secondary N) is 1. The zero-order valence-corrected chi connectivity index (χ0v) is 8.62. The van der Waals surface area contributed by atoms with E-state index in [1.807, 2.05) is 0 Å². The second-order valence-electron chi connectivity index (χ2n) is 3.84. The van der Waals surface area contributed by atoms with E-state index >= 15 is 0 Å². The first-order valence-electron chi connectivity index (χ1n) is 4.77. The molecule has 12 heavy (non-hydrogen) atoms. The van der Waals surface area contributed by atoms with Crippen molar-refractivity contribution in [2.24, 2.45) is 0 Å². The van der Waals surface area contributed by atoms with E-state index in [0.717, 1.165) is 6.61 Å². The molecule has 0 aromatic carbocycles. The molecule has 1 saturated heterocycles. The molecule has 2 nitrogen and oxygen atoms in total. The van der Waals surface area contributed by atoms with Crippen molar-refractivity contribution in [1.29, 1.82) is 0 Å². The van der Waals surface area contributed by atoms with Crippen LogP contribution in [-0.2, 0) is 4.74 Å².